The van der Waals surface area contributed by atoms with Gasteiger partial charge in [-0.15, -0.1) is 0 Å². The molecular weight excluding hydrogens is 751 g/mol. The molecule has 344 valence electrons. The van der Waals surface area contributed by atoms with Gasteiger partial charge in [0.2, 0.25) is 0 Å². The van der Waals surface area contributed by atoms with Crippen LogP contribution in [0.5, 0.6) is 11.5 Å². The second kappa shape index (κ2) is 39.8. The van der Waals surface area contributed by atoms with Crippen molar-refractivity contribution < 1.29 is 33.3 Å². The van der Waals surface area contributed by atoms with Crippen molar-refractivity contribution in [2.75, 3.05) is 40.5 Å². The Morgan fingerprint density at radius 2 is 0.967 bits per heavy atom. The van der Waals surface area contributed by atoms with Crippen molar-refractivity contribution in [3.05, 3.63) is 48.1 Å². The van der Waals surface area contributed by atoms with Gasteiger partial charge in [-0.2, -0.15) is 0 Å². The van der Waals surface area contributed by atoms with E-state index in [0.29, 0.717) is 68.5 Å². The van der Waals surface area contributed by atoms with Crippen LogP contribution in [-0.4, -0.2) is 63.3 Å². The molecule has 0 saturated carbocycles. The minimum absolute atomic E-state index is 0.113. The van der Waals surface area contributed by atoms with Crippen LogP contribution in [0.25, 0.3) is 0 Å². The molecule has 0 N–H and O–H groups in total. The zero-order valence-corrected chi connectivity index (χ0v) is 39.3. The average Bonchev–Trinajstić information content (AvgIpc) is 3.23. The Morgan fingerprint density at radius 1 is 0.517 bits per heavy atom. The molecular formula is C52H89NO7. The van der Waals surface area contributed by atoms with Crippen molar-refractivity contribution in [1.82, 2.24) is 4.90 Å². The van der Waals surface area contributed by atoms with Crippen LogP contribution in [0, 0.1) is 5.92 Å². The van der Waals surface area contributed by atoms with Gasteiger partial charge in [-0.3, -0.25) is 14.4 Å². The minimum atomic E-state index is -0.165. The van der Waals surface area contributed by atoms with Gasteiger partial charge in [0.15, 0.2) is 0 Å². The van der Waals surface area contributed by atoms with Crippen molar-refractivity contribution in [2.24, 2.45) is 5.92 Å². The van der Waals surface area contributed by atoms with E-state index in [0.717, 1.165) is 44.9 Å². The average molecular weight is 840 g/mol. The van der Waals surface area contributed by atoms with Crippen molar-refractivity contribution in [2.45, 2.75) is 207 Å². The number of hydrogen-bond acceptors (Lipinski definition) is 7. The molecule has 0 aromatic heterocycles. The monoisotopic (exact) mass is 840 g/mol. The molecule has 0 fully saturated rings. The summed E-state index contributed by atoms with van der Waals surface area (Å²) < 4.78 is 23.1. The van der Waals surface area contributed by atoms with Gasteiger partial charge in [0.25, 0.3) is 5.91 Å². The van der Waals surface area contributed by atoms with Gasteiger partial charge in [0, 0.05) is 51.4 Å². The molecule has 0 radical (unpaired) electrons. The summed E-state index contributed by atoms with van der Waals surface area (Å²) in [6.45, 7) is 8.00. The smallest absolute Gasteiger partial charge is 0.306 e. The molecule has 0 atom stereocenters. The maximum Gasteiger partial charge on any atom is 0.306 e. The van der Waals surface area contributed by atoms with E-state index in [1.54, 1.807) is 32.3 Å². The Labute approximate surface area is 368 Å². The number of esters is 2. The predicted molar refractivity (Wildman–Crippen MR) is 250 cm³/mol. The molecule has 1 aromatic rings. The summed E-state index contributed by atoms with van der Waals surface area (Å²) in [6, 6.07) is 5.19. The Bertz CT molecular complexity index is 1240. The van der Waals surface area contributed by atoms with Gasteiger partial charge in [-0.05, 0) is 69.4 Å². The van der Waals surface area contributed by atoms with E-state index in [1.807, 2.05) is 0 Å². The largest absolute Gasteiger partial charge is 0.493 e. The fraction of sp³-hybridized carbons (Fsp3) is 0.750. The Hall–Kier alpha value is -3.29. The highest BCUT2D eigenvalue weighted by molar-refractivity contribution is 5.94. The Balaban J connectivity index is 2.37. The van der Waals surface area contributed by atoms with Crippen LogP contribution >= 0.6 is 0 Å². The SMILES string of the molecule is CCCCC/C=C\C/C=C\CCCCCCCC(=O)OCCCOc1cc(OCCCOC(=O)CC(CCCCCCCC)CCCCCCCC)cc(C(=O)N(C)C)c1. The molecule has 0 heterocycles. The van der Waals surface area contributed by atoms with Gasteiger partial charge in [0.05, 0.1) is 26.4 Å². The molecule has 0 aliphatic heterocycles. The van der Waals surface area contributed by atoms with Crippen LogP contribution in [0.15, 0.2) is 42.5 Å². The number of nitrogens with zero attached hydrogens (tertiary/aromatic N) is 1. The summed E-state index contributed by atoms with van der Waals surface area (Å²) in [5, 5.41) is 0. The molecule has 1 aromatic carbocycles. The molecule has 8 heteroatoms. The van der Waals surface area contributed by atoms with Gasteiger partial charge >= 0.3 is 11.9 Å². The number of ether oxygens (including phenoxy) is 4. The topological polar surface area (TPSA) is 91.4 Å². The zero-order valence-electron chi connectivity index (χ0n) is 39.3. The summed E-state index contributed by atoms with van der Waals surface area (Å²) in [5.74, 6) is 1.00. The Morgan fingerprint density at radius 3 is 1.50 bits per heavy atom. The molecule has 1 rings (SSSR count). The van der Waals surface area contributed by atoms with Crippen LogP contribution in [0.4, 0.5) is 0 Å². The fourth-order valence-electron chi connectivity index (χ4n) is 7.21. The predicted octanol–water partition coefficient (Wildman–Crippen LogP) is 14.3. The molecule has 0 bridgehead atoms. The van der Waals surface area contributed by atoms with Crippen LogP contribution in [-0.2, 0) is 19.1 Å². The Kier molecular flexibility index (Phi) is 36.3. The quantitative estimate of drug-likeness (QED) is 0.0368. The van der Waals surface area contributed by atoms with Crippen LogP contribution in [0.2, 0.25) is 0 Å². The fourth-order valence-corrected chi connectivity index (χ4v) is 7.21. The second-order valence-corrected chi connectivity index (χ2v) is 16.9. The molecule has 0 aliphatic carbocycles. The van der Waals surface area contributed by atoms with E-state index in [-0.39, 0.29) is 24.5 Å². The molecule has 0 spiro atoms. The first-order valence-corrected chi connectivity index (χ1v) is 24.5. The summed E-state index contributed by atoms with van der Waals surface area (Å²) in [4.78, 5) is 39.5. The summed E-state index contributed by atoms with van der Waals surface area (Å²) >= 11 is 0. The van der Waals surface area contributed by atoms with Crippen LogP contribution < -0.4 is 9.47 Å². The van der Waals surface area contributed by atoms with E-state index in [9.17, 15) is 14.4 Å². The van der Waals surface area contributed by atoms with E-state index >= 15 is 0 Å². The summed E-state index contributed by atoms with van der Waals surface area (Å²) in [6.07, 6.45) is 41.2. The van der Waals surface area contributed by atoms with E-state index in [2.05, 4.69) is 45.1 Å². The second-order valence-electron chi connectivity index (χ2n) is 16.9. The van der Waals surface area contributed by atoms with E-state index < -0.39 is 0 Å². The summed E-state index contributed by atoms with van der Waals surface area (Å²) in [7, 11) is 3.42. The number of rotatable bonds is 41. The van der Waals surface area contributed by atoms with Gasteiger partial charge in [-0.1, -0.05) is 154 Å². The van der Waals surface area contributed by atoms with Gasteiger partial charge < -0.3 is 23.8 Å². The van der Waals surface area contributed by atoms with E-state index in [1.165, 1.54) is 120 Å². The number of carbonyl (C=O) groups excluding carboxylic acids is 3. The molecule has 0 unspecified atom stereocenters. The highest BCUT2D eigenvalue weighted by Gasteiger charge is 2.16. The molecule has 60 heavy (non-hydrogen) atoms. The van der Waals surface area contributed by atoms with Gasteiger partial charge in [0.1, 0.15) is 11.5 Å². The number of allylic oxidation sites excluding steroid dienone is 4. The third-order valence-corrected chi connectivity index (χ3v) is 10.9. The number of carbonyl (C=O) groups is 3. The van der Waals surface area contributed by atoms with Crippen molar-refractivity contribution in [1.29, 1.82) is 0 Å². The lowest BCUT2D eigenvalue weighted by molar-refractivity contribution is -0.145. The first-order chi connectivity index (χ1) is 29.3. The first kappa shape index (κ1) is 54.7. The minimum Gasteiger partial charge on any atom is -0.493 e. The highest BCUT2D eigenvalue weighted by atomic mass is 16.5. The summed E-state index contributed by atoms with van der Waals surface area (Å²) in [5.41, 5.74) is 0.463. The third-order valence-electron chi connectivity index (χ3n) is 10.9. The van der Waals surface area contributed by atoms with Gasteiger partial charge in [-0.25, -0.2) is 0 Å². The maximum absolute atomic E-state index is 12.8. The van der Waals surface area contributed by atoms with Crippen LogP contribution in [0.3, 0.4) is 0 Å². The van der Waals surface area contributed by atoms with Crippen LogP contribution in [0.1, 0.15) is 217 Å². The lowest BCUT2D eigenvalue weighted by Crippen LogP contribution is -2.21. The highest BCUT2D eigenvalue weighted by Crippen LogP contribution is 2.25. The number of benzene rings is 1. The lowest BCUT2D eigenvalue weighted by Gasteiger charge is -2.17. The first-order valence-electron chi connectivity index (χ1n) is 24.5. The van der Waals surface area contributed by atoms with Crippen molar-refractivity contribution >= 4 is 17.8 Å². The van der Waals surface area contributed by atoms with Crippen molar-refractivity contribution in [3.63, 3.8) is 0 Å². The van der Waals surface area contributed by atoms with E-state index in [4.69, 9.17) is 18.9 Å². The molecule has 0 aliphatic rings. The number of unbranched alkanes of at least 4 members (excludes halogenated alkanes) is 18. The molecule has 0 saturated heterocycles. The lowest BCUT2D eigenvalue weighted by atomic mass is 9.91. The molecule has 8 nitrogen and oxygen atoms in total. The zero-order chi connectivity index (χ0) is 43.7. The normalized spacial score (nSPS) is 11.5. The number of amides is 1. The maximum atomic E-state index is 12.8. The number of hydrogen-bond donors (Lipinski definition) is 0. The standard InChI is InChI=1S/C52H89NO7/c1-6-9-12-15-18-19-20-21-22-23-24-25-26-29-32-37-50(54)59-40-33-38-57-48-43-47(52(56)53(4)5)44-49(45-48)58-39-34-41-60-51(55)42-46(35-30-27-16-13-10-7-2)36-31-28-17-14-11-8-3/h18-19,21-22,43-46H,6-17,20,23-42H2,1-5H3/b19-18-,22-21-. The molecule has 1 amide bonds. The van der Waals surface area contributed by atoms with Crippen molar-refractivity contribution in [3.8, 4) is 11.5 Å². The third kappa shape index (κ3) is 32.5.